The van der Waals surface area contributed by atoms with Crippen molar-refractivity contribution in [3.8, 4) is 44.5 Å². The Balaban J connectivity index is 1.23. The van der Waals surface area contributed by atoms with E-state index in [1.165, 1.54) is 64.7 Å². The molecule has 2 heteroatoms. The van der Waals surface area contributed by atoms with Crippen LogP contribution in [0.15, 0.2) is 200 Å². The molecule has 0 fully saturated rings. The molecule has 0 aliphatic heterocycles. The second-order valence-corrected chi connectivity index (χ2v) is 13.7. The topological polar surface area (TPSA) is 3.24 Å². The first-order valence-electron chi connectivity index (χ1n) is 17.0. The molecule has 50 heavy (non-hydrogen) atoms. The molecule has 1 aromatic heterocycles. The van der Waals surface area contributed by atoms with Gasteiger partial charge in [-0.05, 0) is 87.5 Å². The summed E-state index contributed by atoms with van der Waals surface area (Å²) in [6.07, 6.45) is 0. The Kier molecular flexibility index (Phi) is 7.77. The summed E-state index contributed by atoms with van der Waals surface area (Å²) in [4.78, 5) is 2.42. The Hall–Kier alpha value is -6.22. The van der Waals surface area contributed by atoms with E-state index >= 15 is 0 Å². The number of rotatable bonds is 7. The maximum absolute atomic E-state index is 2.42. The zero-order chi connectivity index (χ0) is 33.3. The van der Waals surface area contributed by atoms with Gasteiger partial charge in [-0.1, -0.05) is 152 Å². The Labute approximate surface area is 297 Å². The molecule has 0 atom stereocenters. The highest BCUT2D eigenvalue weighted by atomic mass is 32.1. The molecule has 0 aliphatic carbocycles. The summed E-state index contributed by atoms with van der Waals surface area (Å²) < 4.78 is 2.59. The van der Waals surface area contributed by atoms with Crippen LogP contribution in [0.1, 0.15) is 0 Å². The maximum Gasteiger partial charge on any atom is 0.0540 e. The normalized spacial score (nSPS) is 11.2. The largest absolute Gasteiger partial charge is 0.310 e. The van der Waals surface area contributed by atoms with Crippen molar-refractivity contribution in [1.82, 2.24) is 0 Å². The minimum absolute atomic E-state index is 1.11. The van der Waals surface area contributed by atoms with E-state index in [-0.39, 0.29) is 0 Å². The first-order valence-corrected chi connectivity index (χ1v) is 17.8. The minimum Gasteiger partial charge on any atom is -0.310 e. The van der Waals surface area contributed by atoms with Crippen molar-refractivity contribution in [2.45, 2.75) is 0 Å². The molecule has 1 nitrogen and oxygen atoms in total. The van der Waals surface area contributed by atoms with Gasteiger partial charge in [-0.2, -0.15) is 0 Å². The summed E-state index contributed by atoms with van der Waals surface area (Å²) >= 11 is 1.86. The third-order valence-electron chi connectivity index (χ3n) is 9.48. The molecule has 0 saturated heterocycles. The van der Waals surface area contributed by atoms with Gasteiger partial charge in [0.1, 0.15) is 0 Å². The van der Waals surface area contributed by atoms with E-state index in [1.54, 1.807) is 0 Å². The average Bonchev–Trinajstić information content (AvgIpc) is 3.57. The molecule has 8 aromatic carbocycles. The van der Waals surface area contributed by atoms with Crippen LogP contribution in [-0.4, -0.2) is 0 Å². The summed E-state index contributed by atoms with van der Waals surface area (Å²) in [6.45, 7) is 0. The summed E-state index contributed by atoms with van der Waals surface area (Å²) in [5.74, 6) is 0. The van der Waals surface area contributed by atoms with Crippen LogP contribution in [-0.2, 0) is 0 Å². The summed E-state index contributed by atoms with van der Waals surface area (Å²) in [7, 11) is 0. The van der Waals surface area contributed by atoms with Crippen molar-refractivity contribution < 1.29 is 0 Å². The molecular formula is C48H33NS. The number of benzene rings is 8. The summed E-state index contributed by atoms with van der Waals surface area (Å²) in [5, 5.41) is 2.61. The molecule has 9 aromatic rings. The fraction of sp³-hybridized carbons (Fsp3) is 0. The van der Waals surface area contributed by atoms with Gasteiger partial charge in [-0.3, -0.25) is 0 Å². The van der Waals surface area contributed by atoms with Gasteiger partial charge in [0.05, 0.1) is 5.69 Å². The highest BCUT2D eigenvalue weighted by Gasteiger charge is 2.20. The third-order valence-corrected chi connectivity index (χ3v) is 10.6. The lowest BCUT2D eigenvalue weighted by molar-refractivity contribution is 1.29. The van der Waals surface area contributed by atoms with Crippen LogP contribution in [0, 0.1) is 0 Å². The third kappa shape index (κ3) is 5.66. The lowest BCUT2D eigenvalue weighted by Gasteiger charge is -2.28. The van der Waals surface area contributed by atoms with E-state index in [1.807, 2.05) is 11.3 Å². The van der Waals surface area contributed by atoms with E-state index < -0.39 is 0 Å². The van der Waals surface area contributed by atoms with Gasteiger partial charge in [0.25, 0.3) is 0 Å². The highest BCUT2D eigenvalue weighted by molar-refractivity contribution is 7.25. The van der Waals surface area contributed by atoms with Crippen LogP contribution in [0.5, 0.6) is 0 Å². The van der Waals surface area contributed by atoms with Crippen LogP contribution in [0.3, 0.4) is 0 Å². The number of nitrogens with zero attached hydrogens (tertiary/aromatic N) is 1. The van der Waals surface area contributed by atoms with Crippen molar-refractivity contribution in [3.63, 3.8) is 0 Å². The van der Waals surface area contributed by atoms with Gasteiger partial charge in [-0.15, -0.1) is 11.3 Å². The number of hydrogen-bond donors (Lipinski definition) is 0. The Bertz CT molecular complexity index is 2570. The Morgan fingerprint density at radius 2 is 0.800 bits per heavy atom. The second-order valence-electron chi connectivity index (χ2n) is 12.6. The quantitative estimate of drug-likeness (QED) is 0.165. The van der Waals surface area contributed by atoms with Gasteiger partial charge in [0.15, 0.2) is 0 Å². The molecule has 0 amide bonds. The number of thiophene rings is 1. The predicted molar refractivity (Wildman–Crippen MR) is 216 cm³/mol. The van der Waals surface area contributed by atoms with Crippen molar-refractivity contribution in [2.24, 2.45) is 0 Å². The number of anilines is 3. The van der Waals surface area contributed by atoms with E-state index in [4.69, 9.17) is 0 Å². The first-order chi connectivity index (χ1) is 24.8. The predicted octanol–water partition coefficient (Wildman–Crippen LogP) is 14.2. The van der Waals surface area contributed by atoms with E-state index in [9.17, 15) is 0 Å². The monoisotopic (exact) mass is 655 g/mol. The molecule has 1 heterocycles. The van der Waals surface area contributed by atoms with Crippen LogP contribution in [0.25, 0.3) is 64.7 Å². The summed E-state index contributed by atoms with van der Waals surface area (Å²) in [5.41, 5.74) is 13.0. The fourth-order valence-electron chi connectivity index (χ4n) is 6.98. The molecule has 0 N–H and O–H groups in total. The molecular weight excluding hydrogens is 623 g/mol. The van der Waals surface area contributed by atoms with Crippen molar-refractivity contribution in [2.75, 3.05) is 4.90 Å². The Morgan fingerprint density at radius 3 is 1.52 bits per heavy atom. The lowest BCUT2D eigenvalue weighted by atomic mass is 9.94. The van der Waals surface area contributed by atoms with Gasteiger partial charge in [0.2, 0.25) is 0 Å². The smallest absolute Gasteiger partial charge is 0.0540 e. The minimum atomic E-state index is 1.11. The van der Waals surface area contributed by atoms with Crippen LogP contribution < -0.4 is 4.90 Å². The van der Waals surface area contributed by atoms with Crippen LogP contribution in [0.4, 0.5) is 17.1 Å². The molecule has 0 radical (unpaired) electrons. The zero-order valence-electron chi connectivity index (χ0n) is 27.4. The lowest BCUT2D eigenvalue weighted by Crippen LogP contribution is -2.11. The number of hydrogen-bond acceptors (Lipinski definition) is 2. The molecule has 0 saturated carbocycles. The number of fused-ring (bicyclic) bond motifs is 3. The molecule has 9 rings (SSSR count). The van der Waals surface area contributed by atoms with Crippen molar-refractivity contribution in [1.29, 1.82) is 0 Å². The van der Waals surface area contributed by atoms with E-state index in [0.717, 1.165) is 17.1 Å². The maximum atomic E-state index is 2.42. The fourth-order valence-corrected chi connectivity index (χ4v) is 8.12. The summed E-state index contributed by atoms with van der Waals surface area (Å²) in [6, 6.07) is 72.4. The van der Waals surface area contributed by atoms with Gasteiger partial charge in [0, 0.05) is 37.1 Å². The van der Waals surface area contributed by atoms with Crippen LogP contribution >= 0.6 is 11.3 Å². The van der Waals surface area contributed by atoms with E-state index in [2.05, 4.69) is 205 Å². The molecule has 0 aliphatic rings. The van der Waals surface area contributed by atoms with Gasteiger partial charge >= 0.3 is 0 Å². The van der Waals surface area contributed by atoms with Crippen molar-refractivity contribution >= 4 is 48.6 Å². The highest BCUT2D eigenvalue weighted by Crippen LogP contribution is 2.45. The van der Waals surface area contributed by atoms with Gasteiger partial charge in [-0.25, -0.2) is 0 Å². The second kappa shape index (κ2) is 13.0. The SMILES string of the molecule is c1ccc(-c2ccc(N(c3ccc4c(c3)sc3ccccc34)c3ccc(-c4cccc(-c5ccccc5)c4)cc3-c3ccccc3)cc2)cc1. The van der Waals surface area contributed by atoms with E-state index in [0.29, 0.717) is 0 Å². The first kappa shape index (κ1) is 29.9. The van der Waals surface area contributed by atoms with Gasteiger partial charge < -0.3 is 4.90 Å². The standard InChI is InChI=1S/C48H33NS/c1-4-13-34(14-5-1)36-23-26-41(27-24-36)49(42-28-29-44-43-21-10-11-22-47(43)50-48(44)33-42)46-30-25-40(32-45(46)37-17-8-3-9-18-37)39-20-12-19-38(31-39)35-15-6-2-7-16-35/h1-33H. The molecule has 0 bridgehead atoms. The zero-order valence-corrected chi connectivity index (χ0v) is 28.2. The molecule has 0 spiro atoms. The Morgan fingerprint density at radius 1 is 0.300 bits per heavy atom. The van der Waals surface area contributed by atoms with Crippen molar-refractivity contribution in [3.05, 3.63) is 200 Å². The average molecular weight is 656 g/mol. The molecule has 236 valence electrons. The molecule has 0 unspecified atom stereocenters. The van der Waals surface area contributed by atoms with Crippen LogP contribution in [0.2, 0.25) is 0 Å².